The van der Waals surface area contributed by atoms with Crippen molar-refractivity contribution in [3.63, 3.8) is 0 Å². The Morgan fingerprint density at radius 2 is 1.95 bits per heavy atom. The fourth-order valence-corrected chi connectivity index (χ4v) is 3.35. The summed E-state index contributed by atoms with van der Waals surface area (Å²) in [6.07, 6.45) is 4.26. The number of pyridine rings is 1. The van der Waals surface area contributed by atoms with Crippen molar-refractivity contribution >= 4 is 22.3 Å². The molecule has 1 aliphatic rings. The van der Waals surface area contributed by atoms with Crippen LogP contribution in [0.3, 0.4) is 0 Å². The second kappa shape index (κ2) is 5.90. The van der Waals surface area contributed by atoms with Crippen molar-refractivity contribution < 1.29 is 0 Å². The maximum absolute atomic E-state index is 6.22. The Morgan fingerprint density at radius 1 is 1.24 bits per heavy atom. The first-order valence-electron chi connectivity index (χ1n) is 7.68. The van der Waals surface area contributed by atoms with Gasteiger partial charge in [0.15, 0.2) is 0 Å². The van der Waals surface area contributed by atoms with Crippen LogP contribution >= 0.6 is 0 Å². The number of nitrogen functional groups attached to an aromatic ring is 1. The van der Waals surface area contributed by atoms with E-state index in [4.69, 9.17) is 5.73 Å². The Hall–Kier alpha value is -1.81. The predicted molar refractivity (Wildman–Crippen MR) is 89.6 cm³/mol. The number of benzene rings is 1. The smallest absolute Gasteiger partial charge is 0.0745 e. The molecular formula is C17H24N4. The highest BCUT2D eigenvalue weighted by atomic mass is 15.2. The van der Waals surface area contributed by atoms with E-state index in [9.17, 15) is 0 Å². The summed E-state index contributed by atoms with van der Waals surface area (Å²) in [6, 6.07) is 8.27. The highest BCUT2D eigenvalue weighted by molar-refractivity contribution is 5.97. The molecule has 2 heterocycles. The molecule has 4 heteroatoms. The Labute approximate surface area is 126 Å². The molecule has 1 fully saturated rings. The summed E-state index contributed by atoms with van der Waals surface area (Å²) in [7, 11) is 4.31. The molecule has 3 rings (SSSR count). The number of hydrogen-bond donors (Lipinski definition) is 1. The van der Waals surface area contributed by atoms with Gasteiger partial charge >= 0.3 is 0 Å². The number of para-hydroxylation sites is 1. The van der Waals surface area contributed by atoms with E-state index in [2.05, 4.69) is 47.1 Å². The second-order valence-electron chi connectivity index (χ2n) is 6.27. The van der Waals surface area contributed by atoms with Gasteiger partial charge in [-0.1, -0.05) is 18.2 Å². The van der Waals surface area contributed by atoms with Gasteiger partial charge in [0.25, 0.3) is 0 Å². The average Bonchev–Trinajstić information content (AvgIpc) is 2.48. The van der Waals surface area contributed by atoms with Gasteiger partial charge in [-0.05, 0) is 38.9 Å². The van der Waals surface area contributed by atoms with Crippen LogP contribution in [0.1, 0.15) is 12.8 Å². The zero-order valence-electron chi connectivity index (χ0n) is 12.9. The third-order valence-electron chi connectivity index (χ3n) is 4.33. The zero-order chi connectivity index (χ0) is 14.8. The molecule has 0 bridgehead atoms. The zero-order valence-corrected chi connectivity index (χ0v) is 12.9. The standard InChI is InChI=1S/C17H24N4/c1-20(2)12-13-7-9-21(10-8-13)17-14-5-3-4-6-16(14)19-11-15(17)18/h3-6,11,13H,7-10,12,18H2,1-2H3. The molecular weight excluding hydrogens is 260 g/mol. The lowest BCUT2D eigenvalue weighted by Crippen LogP contribution is -2.37. The van der Waals surface area contributed by atoms with Crippen LogP contribution in [-0.4, -0.2) is 43.6 Å². The third-order valence-corrected chi connectivity index (χ3v) is 4.33. The minimum atomic E-state index is 0.791. The summed E-state index contributed by atoms with van der Waals surface area (Å²) in [5.41, 5.74) is 9.21. The van der Waals surface area contributed by atoms with Crippen molar-refractivity contribution in [3.05, 3.63) is 30.5 Å². The predicted octanol–water partition coefficient (Wildman–Crippen LogP) is 2.60. The van der Waals surface area contributed by atoms with E-state index in [1.54, 1.807) is 6.20 Å². The molecule has 0 aliphatic carbocycles. The van der Waals surface area contributed by atoms with Crippen molar-refractivity contribution in [1.82, 2.24) is 9.88 Å². The molecule has 112 valence electrons. The van der Waals surface area contributed by atoms with Gasteiger partial charge in [0.2, 0.25) is 0 Å². The van der Waals surface area contributed by atoms with E-state index in [1.807, 2.05) is 6.07 Å². The summed E-state index contributed by atoms with van der Waals surface area (Å²) in [5.74, 6) is 0.797. The van der Waals surface area contributed by atoms with Crippen LogP contribution in [0, 0.1) is 5.92 Å². The Morgan fingerprint density at radius 3 is 2.67 bits per heavy atom. The largest absolute Gasteiger partial charge is 0.396 e. The molecule has 0 amide bonds. The monoisotopic (exact) mass is 284 g/mol. The topological polar surface area (TPSA) is 45.4 Å². The van der Waals surface area contributed by atoms with Gasteiger partial charge in [0.1, 0.15) is 0 Å². The molecule has 2 aromatic rings. The average molecular weight is 284 g/mol. The number of anilines is 2. The Bertz CT molecular complexity index is 615. The van der Waals surface area contributed by atoms with Crippen molar-refractivity contribution in [1.29, 1.82) is 0 Å². The van der Waals surface area contributed by atoms with Gasteiger partial charge in [0.05, 0.1) is 23.1 Å². The summed E-state index contributed by atoms with van der Waals surface area (Å²) in [4.78, 5) is 9.16. The molecule has 0 saturated carbocycles. The maximum Gasteiger partial charge on any atom is 0.0745 e. The molecule has 21 heavy (non-hydrogen) atoms. The number of fused-ring (bicyclic) bond motifs is 1. The van der Waals surface area contributed by atoms with Gasteiger partial charge in [-0.3, -0.25) is 4.98 Å². The molecule has 4 nitrogen and oxygen atoms in total. The Kier molecular flexibility index (Phi) is 3.97. The molecule has 1 saturated heterocycles. The number of aromatic nitrogens is 1. The van der Waals surface area contributed by atoms with Crippen LogP contribution in [0.25, 0.3) is 10.9 Å². The van der Waals surface area contributed by atoms with Crippen LogP contribution in [-0.2, 0) is 0 Å². The minimum Gasteiger partial charge on any atom is -0.396 e. The van der Waals surface area contributed by atoms with E-state index in [0.717, 1.165) is 30.2 Å². The lowest BCUT2D eigenvalue weighted by molar-refractivity contribution is 0.285. The van der Waals surface area contributed by atoms with Gasteiger partial charge in [-0.15, -0.1) is 0 Å². The summed E-state index contributed by atoms with van der Waals surface area (Å²) >= 11 is 0. The summed E-state index contributed by atoms with van der Waals surface area (Å²) in [5, 5.41) is 1.17. The normalized spacial score (nSPS) is 16.8. The third kappa shape index (κ3) is 2.95. The first-order chi connectivity index (χ1) is 10.1. The first kappa shape index (κ1) is 14.1. The molecule has 1 aromatic heterocycles. The lowest BCUT2D eigenvalue weighted by atomic mass is 9.95. The van der Waals surface area contributed by atoms with E-state index in [0.29, 0.717) is 0 Å². The fraction of sp³-hybridized carbons (Fsp3) is 0.471. The van der Waals surface area contributed by atoms with Crippen LogP contribution < -0.4 is 10.6 Å². The van der Waals surface area contributed by atoms with Gasteiger partial charge in [-0.2, -0.15) is 0 Å². The van der Waals surface area contributed by atoms with Crippen LogP contribution in [0.4, 0.5) is 11.4 Å². The molecule has 0 atom stereocenters. The lowest BCUT2D eigenvalue weighted by Gasteiger charge is -2.35. The molecule has 1 aliphatic heterocycles. The van der Waals surface area contributed by atoms with Gasteiger partial charge < -0.3 is 15.5 Å². The maximum atomic E-state index is 6.22. The van der Waals surface area contributed by atoms with Gasteiger partial charge in [-0.25, -0.2) is 0 Å². The Balaban J connectivity index is 1.84. The summed E-state index contributed by atoms with van der Waals surface area (Å²) < 4.78 is 0. The van der Waals surface area contributed by atoms with Crippen LogP contribution in [0.5, 0.6) is 0 Å². The number of rotatable bonds is 3. The quantitative estimate of drug-likeness (QED) is 0.941. The van der Waals surface area contributed by atoms with E-state index in [1.165, 1.54) is 30.5 Å². The number of hydrogen-bond acceptors (Lipinski definition) is 4. The van der Waals surface area contributed by atoms with E-state index >= 15 is 0 Å². The van der Waals surface area contributed by atoms with Gasteiger partial charge in [0, 0.05) is 25.0 Å². The fourth-order valence-electron chi connectivity index (χ4n) is 3.35. The number of piperidine rings is 1. The van der Waals surface area contributed by atoms with Crippen molar-refractivity contribution in [2.24, 2.45) is 5.92 Å². The van der Waals surface area contributed by atoms with Crippen molar-refractivity contribution in [2.45, 2.75) is 12.8 Å². The van der Waals surface area contributed by atoms with Crippen molar-refractivity contribution in [2.75, 3.05) is 44.4 Å². The molecule has 0 unspecified atom stereocenters. The summed E-state index contributed by atoms with van der Waals surface area (Å²) in [6.45, 7) is 3.34. The molecule has 1 aromatic carbocycles. The minimum absolute atomic E-state index is 0.791. The highest BCUT2D eigenvalue weighted by Gasteiger charge is 2.22. The first-order valence-corrected chi connectivity index (χ1v) is 7.68. The second-order valence-corrected chi connectivity index (χ2v) is 6.27. The number of nitrogens with two attached hydrogens (primary N) is 1. The van der Waals surface area contributed by atoms with E-state index in [-0.39, 0.29) is 0 Å². The molecule has 0 spiro atoms. The number of nitrogens with zero attached hydrogens (tertiary/aromatic N) is 3. The molecule has 2 N–H and O–H groups in total. The van der Waals surface area contributed by atoms with Crippen molar-refractivity contribution in [3.8, 4) is 0 Å². The van der Waals surface area contributed by atoms with Crippen LogP contribution in [0.2, 0.25) is 0 Å². The molecule has 0 radical (unpaired) electrons. The van der Waals surface area contributed by atoms with E-state index < -0.39 is 0 Å². The van der Waals surface area contributed by atoms with Crippen LogP contribution in [0.15, 0.2) is 30.5 Å². The SMILES string of the molecule is CN(C)CC1CCN(c2c(N)cnc3ccccc23)CC1. The highest BCUT2D eigenvalue weighted by Crippen LogP contribution is 2.34.